The van der Waals surface area contributed by atoms with E-state index >= 15 is 18.3 Å². The van der Waals surface area contributed by atoms with E-state index in [0.29, 0.717) is 31.8 Å². The largest absolute Gasteiger partial charge is 0.309 e. The predicted octanol–water partition coefficient (Wildman–Crippen LogP) is 10.1. The second-order valence-electron chi connectivity index (χ2n) is 17.7. The van der Waals surface area contributed by atoms with E-state index in [4.69, 9.17) is 0 Å². The molecule has 0 radical (unpaired) electrons. The van der Waals surface area contributed by atoms with Gasteiger partial charge in [0, 0.05) is 63.7 Å². The summed E-state index contributed by atoms with van der Waals surface area (Å²) in [6.45, 7) is 11.9. The molecule has 0 heterocycles. The average Bonchev–Trinajstić information content (AvgIpc) is 3.36. The fourth-order valence-electron chi connectivity index (χ4n) is 9.79. The lowest BCUT2D eigenvalue weighted by Crippen LogP contribution is -2.32. The van der Waals surface area contributed by atoms with Crippen LogP contribution in [0.3, 0.4) is 0 Å². The van der Waals surface area contributed by atoms with E-state index in [1.165, 1.54) is 0 Å². The van der Waals surface area contributed by atoms with Crippen LogP contribution in [0.1, 0.15) is 33.4 Å². The van der Waals surface area contributed by atoms with E-state index in [-0.39, 0.29) is 0 Å². The van der Waals surface area contributed by atoms with Crippen LogP contribution in [-0.4, -0.2) is 0 Å². The van der Waals surface area contributed by atoms with Crippen molar-refractivity contribution in [2.24, 2.45) is 0 Å². The third kappa shape index (κ3) is 7.93. The molecule has 0 aliphatic rings. The Kier molecular flexibility index (Phi) is 13.0. The van der Waals surface area contributed by atoms with Gasteiger partial charge in [0.2, 0.25) is 0 Å². The molecule has 0 bridgehead atoms. The zero-order valence-corrected chi connectivity index (χ0v) is 42.8. The summed E-state index contributed by atoms with van der Waals surface area (Å²) in [5.41, 5.74) is 5.56. The summed E-state index contributed by atoms with van der Waals surface area (Å²) in [4.78, 5) is 0. The minimum atomic E-state index is -3.75. The van der Waals surface area contributed by atoms with Gasteiger partial charge < -0.3 is 18.3 Å². The van der Waals surface area contributed by atoms with Crippen molar-refractivity contribution in [2.45, 2.75) is 41.5 Å². The molecule has 0 N–H and O–H groups in total. The Morgan fingerprint density at radius 3 is 0.471 bits per heavy atom. The quantitative estimate of drug-likeness (QED) is 0.114. The highest BCUT2D eigenvalue weighted by molar-refractivity contribution is 7.87. The van der Waals surface area contributed by atoms with E-state index in [9.17, 15) is 0 Å². The van der Waals surface area contributed by atoms with Crippen LogP contribution >= 0.6 is 28.6 Å². The number of benzene rings is 9. The maximum atomic E-state index is 16.6. The first-order chi connectivity index (χ1) is 32.7. The summed E-state index contributed by atoms with van der Waals surface area (Å²) >= 11 is 0. The third-order valence-electron chi connectivity index (χ3n) is 13.5. The lowest BCUT2D eigenvalue weighted by Gasteiger charge is -2.26. The van der Waals surface area contributed by atoms with E-state index in [2.05, 4.69) is 0 Å². The molecule has 0 amide bonds. The molecule has 0 aliphatic heterocycles. The molecular weight excluding hydrogens is 909 g/mol. The molecule has 9 rings (SSSR count). The van der Waals surface area contributed by atoms with Gasteiger partial charge in [-0.05, 0) is 74.9 Å². The fraction of sp³-hybridized carbons (Fsp3) is 0.100. The average molecular weight is 963 g/mol. The van der Waals surface area contributed by atoms with Gasteiger partial charge in [-0.25, -0.2) is 0 Å². The molecule has 68 heavy (non-hydrogen) atoms. The van der Waals surface area contributed by atoms with Crippen LogP contribution < -0.4 is 63.7 Å². The van der Waals surface area contributed by atoms with E-state index < -0.39 is 28.6 Å². The summed E-state index contributed by atoms with van der Waals surface area (Å²) in [6.07, 6.45) is 0. The first-order valence-electron chi connectivity index (χ1n) is 22.8. The van der Waals surface area contributed by atoms with Gasteiger partial charge in [0.15, 0.2) is 28.6 Å². The highest BCUT2D eigenvalue weighted by atomic mass is 31.2. The molecule has 338 valence electrons. The molecule has 0 spiro atoms. The Morgan fingerprint density at radius 2 is 0.324 bits per heavy atom. The van der Waals surface area contributed by atoms with Gasteiger partial charge in [-0.15, -0.1) is 0 Å². The summed E-state index contributed by atoms with van der Waals surface area (Å²) in [7, 11) is -14.0. The standard InChI is InChI=1S/C60H54O4P4/c1-43-19-7-13-25-55(43)66(62,56-26-14-8-20-44(56)2)52-37-31-49(32-38-52)65(61,50-33-39-53(40-34-50)67(63,57-27-15-9-21-45(57)3)58-28-16-10-22-46(58)4)51-35-41-54(42-36-51)68(64,59-29-17-11-23-47(59)5)60-30-18-12-24-48(60)6/h7-42H,1-6H3. The second-order valence-corrected chi connectivity index (χ2v) is 28.6. The normalized spacial score (nSPS) is 12.2. The minimum Gasteiger partial charge on any atom is -0.309 e. The maximum absolute atomic E-state index is 16.6. The van der Waals surface area contributed by atoms with Gasteiger partial charge in [-0.1, -0.05) is 218 Å². The molecule has 0 unspecified atom stereocenters. The highest BCUT2D eigenvalue weighted by Gasteiger charge is 2.38. The lowest BCUT2D eigenvalue weighted by atomic mass is 10.2. The van der Waals surface area contributed by atoms with Crippen molar-refractivity contribution in [3.8, 4) is 0 Å². The summed E-state index contributed by atoms with van der Waals surface area (Å²) in [6, 6.07) is 69.3. The molecule has 0 saturated heterocycles. The molecule has 9 aromatic carbocycles. The van der Waals surface area contributed by atoms with Gasteiger partial charge in [0.1, 0.15) is 0 Å². The Labute approximate surface area is 401 Å². The number of rotatable bonds is 12. The monoisotopic (exact) mass is 962 g/mol. The van der Waals surface area contributed by atoms with E-state index in [1.54, 1.807) is 0 Å². The summed E-state index contributed by atoms with van der Waals surface area (Å²) in [5, 5.41) is 8.10. The molecule has 0 fully saturated rings. The van der Waals surface area contributed by atoms with Crippen LogP contribution in [0.25, 0.3) is 0 Å². The van der Waals surface area contributed by atoms with Crippen LogP contribution in [0.2, 0.25) is 0 Å². The van der Waals surface area contributed by atoms with E-state index in [1.807, 2.05) is 260 Å². The third-order valence-corrected chi connectivity index (χ3v) is 26.7. The molecule has 0 aromatic heterocycles. The van der Waals surface area contributed by atoms with Crippen molar-refractivity contribution >= 4 is 92.2 Å². The van der Waals surface area contributed by atoms with Crippen LogP contribution in [0.4, 0.5) is 0 Å². The lowest BCUT2D eigenvalue weighted by molar-refractivity contribution is 0.591. The van der Waals surface area contributed by atoms with Crippen molar-refractivity contribution in [1.82, 2.24) is 0 Å². The smallest absolute Gasteiger partial charge is 0.171 e. The van der Waals surface area contributed by atoms with Crippen LogP contribution in [0.5, 0.6) is 0 Å². The SMILES string of the molecule is Cc1ccccc1P(=O)(c1ccc(P(=O)(c2ccc(P(=O)(c3ccccc3C)c3ccccc3C)cc2)c2ccc(P(=O)(c3ccccc3C)c3ccccc3C)cc2)cc1)c1ccccc1C. The van der Waals surface area contributed by atoms with Gasteiger partial charge in [0.05, 0.1) is 0 Å². The first kappa shape index (κ1) is 47.0. The molecule has 4 nitrogen and oxygen atoms in total. The Bertz CT molecular complexity index is 3020. The first-order valence-corrected chi connectivity index (χ1v) is 29.7. The van der Waals surface area contributed by atoms with Gasteiger partial charge in [0.25, 0.3) is 0 Å². The van der Waals surface area contributed by atoms with Crippen molar-refractivity contribution < 1.29 is 18.3 Å². The molecule has 8 heteroatoms. The maximum Gasteiger partial charge on any atom is 0.171 e. The topological polar surface area (TPSA) is 68.3 Å². The number of hydrogen-bond acceptors (Lipinski definition) is 4. The Hall–Kier alpha value is -6.10. The second kappa shape index (κ2) is 18.8. The van der Waals surface area contributed by atoms with Crippen LogP contribution in [0, 0.1) is 41.5 Å². The summed E-state index contributed by atoms with van der Waals surface area (Å²) < 4.78 is 64.2. The van der Waals surface area contributed by atoms with Crippen molar-refractivity contribution in [3.05, 3.63) is 252 Å². The number of hydrogen-bond donors (Lipinski definition) is 0. The van der Waals surface area contributed by atoms with E-state index in [0.717, 1.165) is 65.2 Å². The fourth-order valence-corrected chi connectivity index (χ4v) is 21.7. The molecule has 0 saturated carbocycles. The van der Waals surface area contributed by atoms with Crippen LogP contribution in [0.15, 0.2) is 218 Å². The minimum absolute atomic E-state index is 0.546. The molecule has 0 aliphatic carbocycles. The molecular formula is C60H54O4P4. The zero-order valence-electron chi connectivity index (χ0n) is 39.2. The van der Waals surface area contributed by atoms with Crippen molar-refractivity contribution in [1.29, 1.82) is 0 Å². The summed E-state index contributed by atoms with van der Waals surface area (Å²) in [5.74, 6) is 0. The number of aryl methyl sites for hydroxylation is 6. The Balaban J connectivity index is 1.24. The van der Waals surface area contributed by atoms with Crippen LogP contribution in [-0.2, 0) is 18.3 Å². The Morgan fingerprint density at radius 1 is 0.191 bits per heavy atom. The zero-order chi connectivity index (χ0) is 47.8. The van der Waals surface area contributed by atoms with Gasteiger partial charge >= 0.3 is 0 Å². The highest BCUT2D eigenvalue weighted by Crippen LogP contribution is 2.49. The van der Waals surface area contributed by atoms with Gasteiger partial charge in [-0.3, -0.25) is 0 Å². The van der Waals surface area contributed by atoms with Crippen molar-refractivity contribution in [3.63, 3.8) is 0 Å². The predicted molar refractivity (Wildman–Crippen MR) is 292 cm³/mol. The molecule has 9 aromatic rings. The molecule has 0 atom stereocenters. The van der Waals surface area contributed by atoms with Crippen molar-refractivity contribution in [2.75, 3.05) is 0 Å². The van der Waals surface area contributed by atoms with Gasteiger partial charge in [-0.2, -0.15) is 0 Å².